The van der Waals surface area contributed by atoms with E-state index in [1.165, 1.54) is 4.90 Å². The van der Waals surface area contributed by atoms with Crippen molar-refractivity contribution in [1.82, 2.24) is 0 Å². The SMILES string of the molecule is COc1ccc(C(OCC[NH+](C)C)(c2ccc(OC)cc2)c2ccc(OC)cc2)cc1. The van der Waals surface area contributed by atoms with Gasteiger partial charge in [0.15, 0.2) is 0 Å². The van der Waals surface area contributed by atoms with Gasteiger partial charge in [-0.25, -0.2) is 0 Å². The van der Waals surface area contributed by atoms with Crippen LogP contribution in [-0.2, 0) is 10.3 Å². The van der Waals surface area contributed by atoms with Crippen molar-refractivity contribution in [2.45, 2.75) is 5.60 Å². The van der Waals surface area contributed by atoms with Gasteiger partial charge in [0.2, 0.25) is 0 Å². The van der Waals surface area contributed by atoms with Gasteiger partial charge in [0, 0.05) is 0 Å². The van der Waals surface area contributed by atoms with Gasteiger partial charge in [-0.15, -0.1) is 0 Å². The smallest absolute Gasteiger partial charge is 0.144 e. The van der Waals surface area contributed by atoms with Crippen LogP contribution in [0.5, 0.6) is 17.2 Å². The Morgan fingerprint density at radius 1 is 0.581 bits per heavy atom. The molecular weight excluding hydrogens is 390 g/mol. The monoisotopic (exact) mass is 422 g/mol. The fourth-order valence-electron chi connectivity index (χ4n) is 3.64. The zero-order valence-corrected chi connectivity index (χ0v) is 19.0. The van der Waals surface area contributed by atoms with Crippen LogP contribution in [0.2, 0.25) is 0 Å². The third-order valence-electron chi connectivity index (χ3n) is 5.41. The number of rotatable bonds is 10. The zero-order chi connectivity index (χ0) is 22.3. The Hall–Kier alpha value is -3.02. The summed E-state index contributed by atoms with van der Waals surface area (Å²) in [6.45, 7) is 1.47. The average molecular weight is 423 g/mol. The van der Waals surface area contributed by atoms with Gasteiger partial charge in [-0.2, -0.15) is 0 Å². The van der Waals surface area contributed by atoms with Crippen LogP contribution in [0.1, 0.15) is 16.7 Å². The molecule has 0 heterocycles. The van der Waals surface area contributed by atoms with E-state index < -0.39 is 5.60 Å². The van der Waals surface area contributed by atoms with Gasteiger partial charge in [0.1, 0.15) is 29.4 Å². The lowest BCUT2D eigenvalue weighted by Crippen LogP contribution is -3.06. The molecule has 0 aliphatic carbocycles. The minimum Gasteiger partial charge on any atom is -0.497 e. The summed E-state index contributed by atoms with van der Waals surface area (Å²) in [5.74, 6) is 2.42. The molecular formula is C26H32NO4+. The molecule has 3 aromatic carbocycles. The third-order valence-corrected chi connectivity index (χ3v) is 5.41. The summed E-state index contributed by atoms with van der Waals surface area (Å²) in [6.07, 6.45) is 0. The summed E-state index contributed by atoms with van der Waals surface area (Å²) in [5.41, 5.74) is 2.28. The van der Waals surface area contributed by atoms with Crippen LogP contribution in [0, 0.1) is 0 Å². The number of benzene rings is 3. The molecule has 5 nitrogen and oxygen atoms in total. The van der Waals surface area contributed by atoms with Crippen LogP contribution in [-0.4, -0.2) is 48.6 Å². The Labute approximate surface area is 185 Å². The molecule has 0 amide bonds. The van der Waals surface area contributed by atoms with E-state index in [1.54, 1.807) is 21.3 Å². The fraction of sp³-hybridized carbons (Fsp3) is 0.308. The minimum absolute atomic E-state index is 0.590. The van der Waals surface area contributed by atoms with Crippen LogP contribution < -0.4 is 19.1 Å². The van der Waals surface area contributed by atoms with Crippen molar-refractivity contribution < 1.29 is 23.8 Å². The molecule has 0 atom stereocenters. The average Bonchev–Trinajstić information content (AvgIpc) is 2.82. The highest BCUT2D eigenvalue weighted by Crippen LogP contribution is 2.42. The molecule has 0 radical (unpaired) electrons. The van der Waals surface area contributed by atoms with Gasteiger partial charge in [-0.05, 0) is 53.1 Å². The summed E-state index contributed by atoms with van der Waals surface area (Å²) in [6, 6.07) is 24.2. The van der Waals surface area contributed by atoms with Crippen LogP contribution in [0.4, 0.5) is 0 Å². The molecule has 0 saturated heterocycles. The number of hydrogen-bond acceptors (Lipinski definition) is 4. The molecule has 0 unspecified atom stereocenters. The second-order valence-corrected chi connectivity index (χ2v) is 7.67. The van der Waals surface area contributed by atoms with Crippen molar-refractivity contribution in [2.24, 2.45) is 0 Å². The molecule has 3 rings (SSSR count). The second-order valence-electron chi connectivity index (χ2n) is 7.67. The van der Waals surface area contributed by atoms with E-state index in [0.29, 0.717) is 6.61 Å². The Bertz CT molecular complexity index is 819. The summed E-state index contributed by atoms with van der Waals surface area (Å²) in [7, 11) is 9.26. The topological polar surface area (TPSA) is 41.4 Å². The van der Waals surface area contributed by atoms with E-state index in [-0.39, 0.29) is 0 Å². The molecule has 0 fully saturated rings. The molecule has 0 saturated carbocycles. The lowest BCUT2D eigenvalue weighted by Gasteiger charge is -2.36. The molecule has 1 N–H and O–H groups in total. The van der Waals surface area contributed by atoms with Gasteiger partial charge in [0.05, 0.1) is 42.0 Å². The lowest BCUT2D eigenvalue weighted by molar-refractivity contribution is -0.859. The van der Waals surface area contributed by atoms with E-state index in [0.717, 1.165) is 40.5 Å². The molecule has 5 heteroatoms. The summed E-state index contributed by atoms with van der Waals surface area (Å²) < 4.78 is 22.9. The fourth-order valence-corrected chi connectivity index (χ4v) is 3.64. The van der Waals surface area contributed by atoms with Crippen LogP contribution in [0.15, 0.2) is 72.8 Å². The van der Waals surface area contributed by atoms with Gasteiger partial charge in [-0.1, -0.05) is 36.4 Å². The van der Waals surface area contributed by atoms with Crippen molar-refractivity contribution in [3.8, 4) is 17.2 Å². The second kappa shape index (κ2) is 10.3. The Kier molecular flexibility index (Phi) is 7.55. The number of hydrogen-bond donors (Lipinski definition) is 1. The van der Waals surface area contributed by atoms with E-state index in [2.05, 4.69) is 50.5 Å². The number of quaternary nitrogens is 1. The van der Waals surface area contributed by atoms with E-state index in [9.17, 15) is 0 Å². The summed E-state index contributed by atoms with van der Waals surface area (Å²) in [5, 5.41) is 0. The Morgan fingerprint density at radius 2 is 0.903 bits per heavy atom. The predicted octanol–water partition coefficient (Wildman–Crippen LogP) is 3.17. The first-order valence-electron chi connectivity index (χ1n) is 10.4. The molecule has 0 aliphatic rings. The van der Waals surface area contributed by atoms with Gasteiger partial charge >= 0.3 is 0 Å². The molecule has 0 aromatic heterocycles. The van der Waals surface area contributed by atoms with Gasteiger partial charge in [-0.3, -0.25) is 0 Å². The molecule has 31 heavy (non-hydrogen) atoms. The first-order valence-corrected chi connectivity index (χ1v) is 10.4. The summed E-state index contributed by atoms with van der Waals surface area (Å²) in [4.78, 5) is 1.33. The molecule has 164 valence electrons. The molecule has 3 aromatic rings. The lowest BCUT2D eigenvalue weighted by atomic mass is 9.80. The van der Waals surface area contributed by atoms with Crippen LogP contribution in [0.3, 0.4) is 0 Å². The zero-order valence-electron chi connectivity index (χ0n) is 19.0. The number of methoxy groups -OCH3 is 3. The summed E-state index contributed by atoms with van der Waals surface area (Å²) >= 11 is 0. The van der Waals surface area contributed by atoms with Gasteiger partial charge in [0.25, 0.3) is 0 Å². The highest BCUT2D eigenvalue weighted by Gasteiger charge is 2.38. The van der Waals surface area contributed by atoms with Crippen LogP contribution >= 0.6 is 0 Å². The normalized spacial score (nSPS) is 11.4. The first kappa shape index (κ1) is 22.7. The number of likely N-dealkylation sites (N-methyl/N-ethyl adjacent to an activating group) is 1. The van der Waals surface area contributed by atoms with Crippen molar-refractivity contribution >= 4 is 0 Å². The first-order chi connectivity index (χ1) is 15.0. The van der Waals surface area contributed by atoms with Crippen LogP contribution in [0.25, 0.3) is 0 Å². The molecule has 0 aliphatic heterocycles. The molecule has 0 spiro atoms. The maximum absolute atomic E-state index is 6.78. The maximum atomic E-state index is 6.78. The highest BCUT2D eigenvalue weighted by atomic mass is 16.5. The van der Waals surface area contributed by atoms with E-state index in [4.69, 9.17) is 18.9 Å². The van der Waals surface area contributed by atoms with Crippen molar-refractivity contribution in [2.75, 3.05) is 48.6 Å². The Balaban J connectivity index is 2.20. The van der Waals surface area contributed by atoms with Crippen molar-refractivity contribution in [3.05, 3.63) is 89.5 Å². The predicted molar refractivity (Wildman–Crippen MR) is 122 cm³/mol. The quantitative estimate of drug-likeness (QED) is 0.510. The molecule has 0 bridgehead atoms. The minimum atomic E-state index is -0.791. The third kappa shape index (κ3) is 5.01. The highest BCUT2D eigenvalue weighted by molar-refractivity contribution is 5.50. The van der Waals surface area contributed by atoms with Crippen molar-refractivity contribution in [3.63, 3.8) is 0 Å². The van der Waals surface area contributed by atoms with E-state index in [1.807, 2.05) is 36.4 Å². The number of nitrogens with one attached hydrogen (secondary N) is 1. The maximum Gasteiger partial charge on any atom is 0.144 e. The largest absolute Gasteiger partial charge is 0.497 e. The Morgan fingerprint density at radius 3 is 1.16 bits per heavy atom. The van der Waals surface area contributed by atoms with E-state index >= 15 is 0 Å². The van der Waals surface area contributed by atoms with Gasteiger partial charge < -0.3 is 23.8 Å². The number of ether oxygens (including phenoxy) is 4. The standard InChI is InChI=1S/C26H31NO4/c1-27(2)18-19-31-26(20-6-12-23(28-3)13-7-20,21-8-14-24(29-4)15-9-21)22-10-16-25(30-5)17-11-22/h6-17H,18-19H2,1-5H3/p+1. The van der Waals surface area contributed by atoms with Crippen molar-refractivity contribution in [1.29, 1.82) is 0 Å².